The van der Waals surface area contributed by atoms with E-state index >= 15 is 0 Å². The van der Waals surface area contributed by atoms with Crippen LogP contribution in [0.5, 0.6) is 17.2 Å². The molecule has 0 aliphatic carbocycles. The van der Waals surface area contributed by atoms with Gasteiger partial charge in [-0.2, -0.15) is 8.42 Å². The summed E-state index contributed by atoms with van der Waals surface area (Å²) in [6.07, 6.45) is 0. The molecule has 1 amide bonds. The van der Waals surface area contributed by atoms with Crippen molar-refractivity contribution in [1.82, 2.24) is 4.72 Å². The number of anilines is 1. The fourth-order valence-corrected chi connectivity index (χ4v) is 4.05. The topological polar surface area (TPSA) is 84.9 Å². The molecule has 0 unspecified atom stereocenters. The number of rotatable bonds is 6. The van der Waals surface area contributed by atoms with Gasteiger partial charge >= 0.3 is 61.6 Å². The Hall–Kier alpha value is -1.88. The summed E-state index contributed by atoms with van der Waals surface area (Å²) in [5.41, 5.74) is 1.16. The summed E-state index contributed by atoms with van der Waals surface area (Å²) in [7, 11) is -3.99. The van der Waals surface area contributed by atoms with Gasteiger partial charge in [0.1, 0.15) is 30.4 Å². The summed E-state index contributed by atoms with van der Waals surface area (Å²) in [5.74, 6) is 0.755. The molecule has 150 valence electrons. The maximum atomic E-state index is 12.4. The predicted octanol–water partition coefficient (Wildman–Crippen LogP) is 0.355. The van der Waals surface area contributed by atoms with Crippen LogP contribution in [-0.4, -0.2) is 20.9 Å². The van der Waals surface area contributed by atoms with Crippen molar-refractivity contribution in [2.24, 2.45) is 0 Å². The average Bonchev–Trinajstić information content (AvgIpc) is 3.00. The van der Waals surface area contributed by atoms with Crippen LogP contribution in [-0.2, 0) is 21.6 Å². The maximum absolute atomic E-state index is 12.4. The zero-order chi connectivity index (χ0) is 20.3. The van der Waals surface area contributed by atoms with Gasteiger partial charge in [-0.1, -0.05) is 48.5 Å². The second-order valence-corrected chi connectivity index (χ2v) is 7.95. The monoisotopic (exact) mass is 450 g/mol. The van der Waals surface area contributed by atoms with Gasteiger partial charge in [0.15, 0.2) is 0 Å². The third-order valence-corrected chi connectivity index (χ3v) is 5.63. The molecule has 0 aromatic heterocycles. The molecular formula is C21H19KN2O5S. The summed E-state index contributed by atoms with van der Waals surface area (Å²) in [6, 6.07) is 23.5. The number of carbonyl (C=O) groups is 1. The zero-order valence-electron chi connectivity index (χ0n) is 17.3. The van der Waals surface area contributed by atoms with E-state index in [-0.39, 0.29) is 71.7 Å². The molecular weight excluding hydrogens is 431 g/mol. The van der Waals surface area contributed by atoms with E-state index < -0.39 is 16.1 Å². The van der Waals surface area contributed by atoms with E-state index in [2.05, 4.69) is 0 Å². The van der Waals surface area contributed by atoms with E-state index in [1.165, 1.54) is 0 Å². The molecule has 1 aliphatic rings. The van der Waals surface area contributed by atoms with E-state index in [9.17, 15) is 13.2 Å². The molecule has 4 rings (SSSR count). The SMILES string of the molecule is O=C1CN(c2cc(Oc3ccccc3)ccc2OCc2ccccc2)S(=O)(=O)N1.[H-].[K+]. The Morgan fingerprint density at radius 3 is 2.23 bits per heavy atom. The van der Waals surface area contributed by atoms with Crippen LogP contribution in [0.3, 0.4) is 0 Å². The Labute approximate surface area is 219 Å². The fraction of sp³-hybridized carbons (Fsp3) is 0.0952. The Morgan fingerprint density at radius 2 is 1.60 bits per heavy atom. The zero-order valence-corrected chi connectivity index (χ0v) is 20.3. The molecule has 1 saturated heterocycles. The molecule has 0 atom stereocenters. The quantitative estimate of drug-likeness (QED) is 0.548. The predicted molar refractivity (Wildman–Crippen MR) is 109 cm³/mol. The van der Waals surface area contributed by atoms with Crippen LogP contribution in [0, 0.1) is 0 Å². The summed E-state index contributed by atoms with van der Waals surface area (Å²) in [5, 5.41) is 0. The second-order valence-electron chi connectivity index (χ2n) is 6.36. The van der Waals surface area contributed by atoms with Gasteiger partial charge in [-0.15, -0.1) is 0 Å². The minimum absolute atomic E-state index is 0. The van der Waals surface area contributed by atoms with Crippen molar-refractivity contribution in [3.05, 3.63) is 84.4 Å². The smallest absolute Gasteiger partial charge is 1.00 e. The molecule has 3 aromatic rings. The Balaban J connectivity index is 0.00000171. The Bertz CT molecular complexity index is 1130. The van der Waals surface area contributed by atoms with Crippen LogP contribution in [0.25, 0.3) is 0 Å². The van der Waals surface area contributed by atoms with Crippen molar-refractivity contribution in [2.45, 2.75) is 6.61 Å². The van der Waals surface area contributed by atoms with E-state index in [1.54, 1.807) is 30.3 Å². The molecule has 9 heteroatoms. The number of amides is 1. The van der Waals surface area contributed by atoms with Crippen LogP contribution >= 0.6 is 0 Å². The number of hydrogen-bond acceptors (Lipinski definition) is 5. The second kappa shape index (κ2) is 9.95. The number of nitrogens with zero attached hydrogens (tertiary/aromatic N) is 1. The van der Waals surface area contributed by atoms with Gasteiger partial charge < -0.3 is 10.9 Å². The van der Waals surface area contributed by atoms with Crippen LogP contribution in [0.2, 0.25) is 0 Å². The molecule has 7 nitrogen and oxygen atoms in total. The van der Waals surface area contributed by atoms with E-state index in [0.717, 1.165) is 9.87 Å². The van der Waals surface area contributed by atoms with Gasteiger partial charge in [0.25, 0.3) is 5.91 Å². The van der Waals surface area contributed by atoms with Crippen LogP contribution < -0.4 is 69.9 Å². The summed E-state index contributed by atoms with van der Waals surface area (Å²) < 4.78 is 39.4. The first-order chi connectivity index (χ1) is 14.0. The van der Waals surface area contributed by atoms with Crippen LogP contribution in [0.4, 0.5) is 5.69 Å². The summed E-state index contributed by atoms with van der Waals surface area (Å²) in [6.45, 7) is -0.0686. The van der Waals surface area contributed by atoms with Crippen molar-refractivity contribution in [3.63, 3.8) is 0 Å². The number of ether oxygens (including phenoxy) is 2. The molecule has 1 N–H and O–H groups in total. The van der Waals surface area contributed by atoms with Crippen molar-refractivity contribution >= 4 is 21.8 Å². The van der Waals surface area contributed by atoms with Gasteiger partial charge in [-0.3, -0.25) is 4.79 Å². The van der Waals surface area contributed by atoms with Crippen LogP contribution in [0.15, 0.2) is 78.9 Å². The first-order valence-corrected chi connectivity index (χ1v) is 10.3. The maximum Gasteiger partial charge on any atom is 1.00 e. The third-order valence-electron chi connectivity index (χ3n) is 4.24. The van der Waals surface area contributed by atoms with Gasteiger partial charge in [0, 0.05) is 6.07 Å². The fourth-order valence-electron chi connectivity index (χ4n) is 2.90. The summed E-state index contributed by atoms with van der Waals surface area (Å²) >= 11 is 0. The first-order valence-electron chi connectivity index (χ1n) is 8.88. The molecule has 0 spiro atoms. The molecule has 1 aliphatic heterocycles. The normalized spacial score (nSPS) is 14.5. The minimum atomic E-state index is -3.99. The number of para-hydroxylation sites is 1. The molecule has 3 aromatic carbocycles. The average molecular weight is 451 g/mol. The van der Waals surface area contributed by atoms with Gasteiger partial charge in [-0.25, -0.2) is 9.03 Å². The largest absolute Gasteiger partial charge is 1.00 e. The third kappa shape index (κ3) is 5.42. The number of nitrogens with one attached hydrogen (secondary N) is 1. The summed E-state index contributed by atoms with van der Waals surface area (Å²) in [4.78, 5) is 11.7. The molecule has 0 radical (unpaired) electrons. The molecule has 30 heavy (non-hydrogen) atoms. The Kier molecular flexibility index (Phi) is 7.56. The standard InChI is InChI=1S/C21H18N2O5S.K.H/c24-21-14-23(29(25,26)22-21)19-13-18(28-17-9-5-2-6-10-17)11-12-20(19)27-15-16-7-3-1-4-8-16;;/h1-13H,14-15H2,(H,22,24);;/q;+1;-1. The number of benzene rings is 3. The van der Waals surface area contributed by atoms with Crippen molar-refractivity contribution in [2.75, 3.05) is 10.8 Å². The van der Waals surface area contributed by atoms with Crippen molar-refractivity contribution in [1.29, 1.82) is 0 Å². The molecule has 1 heterocycles. The van der Waals surface area contributed by atoms with Crippen molar-refractivity contribution < 1.29 is 75.5 Å². The minimum Gasteiger partial charge on any atom is -1.00 e. The van der Waals surface area contributed by atoms with E-state index in [1.807, 2.05) is 53.3 Å². The molecule has 0 bridgehead atoms. The number of hydrogen-bond donors (Lipinski definition) is 1. The van der Waals surface area contributed by atoms with Crippen molar-refractivity contribution in [3.8, 4) is 17.2 Å². The Morgan fingerprint density at radius 1 is 0.933 bits per heavy atom. The molecule has 1 fully saturated rings. The van der Waals surface area contributed by atoms with E-state index in [4.69, 9.17) is 9.47 Å². The number of carbonyl (C=O) groups excluding carboxylic acids is 1. The van der Waals surface area contributed by atoms with Gasteiger partial charge in [-0.05, 0) is 29.8 Å². The van der Waals surface area contributed by atoms with Gasteiger partial charge in [0.2, 0.25) is 0 Å². The van der Waals surface area contributed by atoms with E-state index in [0.29, 0.717) is 17.2 Å². The van der Waals surface area contributed by atoms with Crippen LogP contribution in [0.1, 0.15) is 6.99 Å². The molecule has 0 saturated carbocycles. The first kappa shape index (κ1) is 22.8. The van der Waals surface area contributed by atoms with Gasteiger partial charge in [0.05, 0.1) is 5.69 Å².